The van der Waals surface area contributed by atoms with Gasteiger partial charge < -0.3 is 14.2 Å². The molecule has 0 N–H and O–H groups in total. The molecular weight excluding hydrogens is 252 g/mol. The molecule has 0 spiro atoms. The fraction of sp³-hybridized carbons (Fsp3) is 0.529. The zero-order valence-corrected chi connectivity index (χ0v) is 13.1. The Balaban J connectivity index is 3.15. The standard InChI is InChI=1S/C17H26O3/c1-6-9-14-10-11-15(20-12-13(4)5)17(19-8-3)16(14)18-7-2/h10-11H,4,6-9,12H2,1-3,5H3. The molecule has 0 unspecified atom stereocenters. The van der Waals surface area contributed by atoms with E-state index >= 15 is 0 Å². The van der Waals surface area contributed by atoms with Crippen LogP contribution in [0.5, 0.6) is 17.2 Å². The third-order valence-electron chi connectivity index (χ3n) is 2.73. The largest absolute Gasteiger partial charge is 0.490 e. The summed E-state index contributed by atoms with van der Waals surface area (Å²) < 4.78 is 17.3. The summed E-state index contributed by atoms with van der Waals surface area (Å²) in [4.78, 5) is 0. The summed E-state index contributed by atoms with van der Waals surface area (Å²) in [7, 11) is 0. The number of benzene rings is 1. The summed E-state index contributed by atoms with van der Waals surface area (Å²) in [6.07, 6.45) is 2.04. The second-order valence-corrected chi connectivity index (χ2v) is 4.74. The molecule has 0 aromatic heterocycles. The van der Waals surface area contributed by atoms with Crippen LogP contribution in [-0.2, 0) is 6.42 Å². The third-order valence-corrected chi connectivity index (χ3v) is 2.73. The van der Waals surface area contributed by atoms with E-state index in [1.165, 1.54) is 5.56 Å². The molecule has 1 rings (SSSR count). The van der Waals surface area contributed by atoms with Gasteiger partial charge in [0, 0.05) is 0 Å². The van der Waals surface area contributed by atoms with Gasteiger partial charge in [-0.1, -0.05) is 26.0 Å². The molecule has 0 aliphatic carbocycles. The van der Waals surface area contributed by atoms with Crippen LogP contribution in [0.25, 0.3) is 0 Å². The minimum atomic E-state index is 0.485. The van der Waals surface area contributed by atoms with Crippen LogP contribution in [0.3, 0.4) is 0 Å². The van der Waals surface area contributed by atoms with Gasteiger partial charge in [-0.05, 0) is 44.4 Å². The SMILES string of the molecule is C=C(C)COc1ccc(CCC)c(OCC)c1OCC. The van der Waals surface area contributed by atoms with E-state index in [-0.39, 0.29) is 0 Å². The van der Waals surface area contributed by atoms with Crippen LogP contribution in [0, 0.1) is 0 Å². The summed E-state index contributed by atoms with van der Waals surface area (Å²) in [5, 5.41) is 0. The average Bonchev–Trinajstić information content (AvgIpc) is 2.41. The maximum atomic E-state index is 5.79. The van der Waals surface area contributed by atoms with Gasteiger partial charge in [0.2, 0.25) is 5.75 Å². The van der Waals surface area contributed by atoms with Crippen molar-refractivity contribution in [3.8, 4) is 17.2 Å². The fourth-order valence-electron chi connectivity index (χ4n) is 1.95. The Kier molecular flexibility index (Phi) is 6.99. The van der Waals surface area contributed by atoms with Gasteiger partial charge in [-0.3, -0.25) is 0 Å². The predicted octanol–water partition coefficient (Wildman–Crippen LogP) is 4.39. The van der Waals surface area contributed by atoms with Crippen LogP contribution in [0.15, 0.2) is 24.3 Å². The van der Waals surface area contributed by atoms with E-state index in [2.05, 4.69) is 19.6 Å². The van der Waals surface area contributed by atoms with Gasteiger partial charge in [-0.15, -0.1) is 0 Å². The molecule has 0 saturated carbocycles. The van der Waals surface area contributed by atoms with Crippen LogP contribution in [0.2, 0.25) is 0 Å². The highest BCUT2D eigenvalue weighted by atomic mass is 16.5. The van der Waals surface area contributed by atoms with Gasteiger partial charge in [0.1, 0.15) is 6.61 Å². The van der Waals surface area contributed by atoms with Crippen LogP contribution in [0.4, 0.5) is 0 Å². The van der Waals surface area contributed by atoms with Crippen molar-refractivity contribution < 1.29 is 14.2 Å². The molecule has 3 nitrogen and oxygen atoms in total. The Labute approximate surface area is 122 Å². The highest BCUT2D eigenvalue weighted by molar-refractivity contribution is 5.56. The number of hydrogen-bond acceptors (Lipinski definition) is 3. The smallest absolute Gasteiger partial charge is 0.203 e. The number of aryl methyl sites for hydroxylation is 1. The number of hydrogen-bond donors (Lipinski definition) is 0. The Morgan fingerprint density at radius 2 is 1.65 bits per heavy atom. The highest BCUT2D eigenvalue weighted by Gasteiger charge is 2.17. The summed E-state index contributed by atoms with van der Waals surface area (Å²) in [6, 6.07) is 4.02. The molecule has 3 heteroatoms. The summed E-state index contributed by atoms with van der Waals surface area (Å²) in [5.74, 6) is 2.25. The summed E-state index contributed by atoms with van der Waals surface area (Å²) >= 11 is 0. The first-order valence-corrected chi connectivity index (χ1v) is 7.32. The van der Waals surface area contributed by atoms with Gasteiger partial charge in [0.25, 0.3) is 0 Å². The van der Waals surface area contributed by atoms with Gasteiger partial charge in [-0.25, -0.2) is 0 Å². The maximum absolute atomic E-state index is 5.79. The molecule has 0 bridgehead atoms. The molecule has 0 atom stereocenters. The Morgan fingerprint density at radius 1 is 1.00 bits per heavy atom. The lowest BCUT2D eigenvalue weighted by Gasteiger charge is -2.18. The van der Waals surface area contributed by atoms with Gasteiger partial charge >= 0.3 is 0 Å². The van der Waals surface area contributed by atoms with Crippen molar-refractivity contribution in [1.82, 2.24) is 0 Å². The first kappa shape index (κ1) is 16.4. The van der Waals surface area contributed by atoms with E-state index in [1.54, 1.807) is 0 Å². The molecule has 0 radical (unpaired) electrons. The normalized spacial score (nSPS) is 10.2. The van der Waals surface area contributed by atoms with Gasteiger partial charge in [0.15, 0.2) is 11.5 Å². The molecule has 0 aliphatic rings. The molecule has 0 amide bonds. The van der Waals surface area contributed by atoms with Gasteiger partial charge in [0.05, 0.1) is 13.2 Å². The zero-order valence-electron chi connectivity index (χ0n) is 13.1. The number of rotatable bonds is 9. The second-order valence-electron chi connectivity index (χ2n) is 4.74. The van der Waals surface area contributed by atoms with E-state index < -0.39 is 0 Å². The molecule has 0 saturated heterocycles. The predicted molar refractivity (Wildman–Crippen MR) is 83.1 cm³/mol. The van der Waals surface area contributed by atoms with Crippen molar-refractivity contribution in [1.29, 1.82) is 0 Å². The topological polar surface area (TPSA) is 27.7 Å². The molecule has 0 heterocycles. The highest BCUT2D eigenvalue weighted by Crippen LogP contribution is 2.41. The molecule has 0 fully saturated rings. The van der Waals surface area contributed by atoms with E-state index in [4.69, 9.17) is 14.2 Å². The lowest BCUT2D eigenvalue weighted by Crippen LogP contribution is -2.06. The Hall–Kier alpha value is -1.64. The van der Waals surface area contributed by atoms with E-state index in [1.807, 2.05) is 26.8 Å². The monoisotopic (exact) mass is 278 g/mol. The molecule has 1 aromatic rings. The van der Waals surface area contributed by atoms with E-state index in [0.717, 1.165) is 29.9 Å². The minimum Gasteiger partial charge on any atom is -0.490 e. The van der Waals surface area contributed by atoms with Crippen molar-refractivity contribution in [3.05, 3.63) is 29.8 Å². The van der Waals surface area contributed by atoms with Crippen LogP contribution in [0.1, 0.15) is 39.7 Å². The summed E-state index contributed by atoms with van der Waals surface area (Å²) in [5.41, 5.74) is 2.14. The third kappa shape index (κ3) is 4.48. The fourth-order valence-corrected chi connectivity index (χ4v) is 1.95. The van der Waals surface area contributed by atoms with Crippen molar-refractivity contribution in [2.75, 3.05) is 19.8 Å². The van der Waals surface area contributed by atoms with Crippen molar-refractivity contribution >= 4 is 0 Å². The minimum absolute atomic E-state index is 0.485. The van der Waals surface area contributed by atoms with E-state index in [9.17, 15) is 0 Å². The van der Waals surface area contributed by atoms with Gasteiger partial charge in [-0.2, -0.15) is 0 Å². The lowest BCUT2D eigenvalue weighted by molar-refractivity contribution is 0.261. The Bertz CT molecular complexity index is 438. The average molecular weight is 278 g/mol. The lowest BCUT2D eigenvalue weighted by atomic mass is 10.1. The van der Waals surface area contributed by atoms with Crippen molar-refractivity contribution in [2.24, 2.45) is 0 Å². The van der Waals surface area contributed by atoms with Crippen molar-refractivity contribution in [2.45, 2.75) is 40.5 Å². The molecule has 20 heavy (non-hydrogen) atoms. The first-order valence-electron chi connectivity index (χ1n) is 7.32. The maximum Gasteiger partial charge on any atom is 0.203 e. The molecule has 1 aromatic carbocycles. The molecule has 112 valence electrons. The quantitative estimate of drug-likeness (QED) is 0.627. The van der Waals surface area contributed by atoms with Crippen LogP contribution >= 0.6 is 0 Å². The van der Waals surface area contributed by atoms with Crippen molar-refractivity contribution in [3.63, 3.8) is 0 Å². The van der Waals surface area contributed by atoms with Crippen LogP contribution < -0.4 is 14.2 Å². The Morgan fingerprint density at radius 3 is 2.20 bits per heavy atom. The molecular formula is C17H26O3. The first-order chi connectivity index (χ1) is 9.63. The molecule has 0 aliphatic heterocycles. The number of ether oxygens (including phenoxy) is 3. The summed E-state index contributed by atoms with van der Waals surface area (Å²) in [6.45, 7) is 13.6. The van der Waals surface area contributed by atoms with Crippen LogP contribution in [-0.4, -0.2) is 19.8 Å². The second kappa shape index (κ2) is 8.51. The zero-order chi connectivity index (χ0) is 15.0. The van der Waals surface area contributed by atoms with E-state index in [0.29, 0.717) is 25.6 Å².